The van der Waals surface area contributed by atoms with Gasteiger partial charge in [-0.3, -0.25) is 9.78 Å². The van der Waals surface area contributed by atoms with Gasteiger partial charge in [0.2, 0.25) is 5.91 Å². The quantitative estimate of drug-likeness (QED) is 0.584. The first kappa shape index (κ1) is 20.0. The molecule has 2 aliphatic rings. The smallest absolute Gasteiger partial charge is 0.236 e. The number of aromatic nitrogens is 2. The predicted octanol–water partition coefficient (Wildman–Crippen LogP) is 5.58. The van der Waals surface area contributed by atoms with Gasteiger partial charge in [-0.1, -0.05) is 24.1 Å². The molecule has 3 aromatic rings. The summed E-state index contributed by atoms with van der Waals surface area (Å²) < 4.78 is 0. The van der Waals surface area contributed by atoms with E-state index in [1.807, 2.05) is 43.3 Å². The fourth-order valence-electron chi connectivity index (χ4n) is 4.55. The summed E-state index contributed by atoms with van der Waals surface area (Å²) in [4.78, 5) is 25.3. The van der Waals surface area contributed by atoms with Gasteiger partial charge >= 0.3 is 0 Å². The van der Waals surface area contributed by atoms with Crippen LogP contribution in [0, 0.1) is 6.92 Å². The summed E-state index contributed by atoms with van der Waals surface area (Å²) in [6, 6.07) is 17.5. The molecule has 5 nitrogen and oxygen atoms in total. The Morgan fingerprint density at radius 1 is 1.03 bits per heavy atom. The van der Waals surface area contributed by atoms with E-state index in [2.05, 4.69) is 16.3 Å². The van der Waals surface area contributed by atoms with Crippen molar-refractivity contribution in [3.05, 3.63) is 76.7 Å². The van der Waals surface area contributed by atoms with Crippen molar-refractivity contribution in [2.24, 2.45) is 0 Å². The predicted molar refractivity (Wildman–Crippen MR) is 124 cm³/mol. The summed E-state index contributed by atoms with van der Waals surface area (Å²) in [7, 11) is 0. The van der Waals surface area contributed by atoms with Crippen LogP contribution in [0.2, 0.25) is 5.02 Å². The lowest BCUT2D eigenvalue weighted by Crippen LogP contribution is -2.47. The topological polar surface area (TPSA) is 58.1 Å². The first-order valence-electron chi connectivity index (χ1n) is 10.8. The van der Waals surface area contributed by atoms with Crippen molar-refractivity contribution in [3.8, 4) is 0 Å². The number of benzene rings is 1. The van der Waals surface area contributed by atoms with Crippen LogP contribution in [0.3, 0.4) is 0 Å². The Kier molecular flexibility index (Phi) is 5.14. The van der Waals surface area contributed by atoms with E-state index < -0.39 is 5.41 Å². The van der Waals surface area contributed by atoms with Gasteiger partial charge in [0.1, 0.15) is 5.82 Å². The van der Waals surface area contributed by atoms with Crippen molar-refractivity contribution < 1.29 is 4.79 Å². The monoisotopic (exact) mass is 432 g/mol. The lowest BCUT2D eigenvalue weighted by molar-refractivity contribution is -0.124. The zero-order valence-corrected chi connectivity index (χ0v) is 18.3. The van der Waals surface area contributed by atoms with Crippen LogP contribution >= 0.6 is 11.6 Å². The number of hydrogen-bond donors (Lipinski definition) is 1. The van der Waals surface area contributed by atoms with Crippen molar-refractivity contribution in [3.63, 3.8) is 0 Å². The molecule has 0 atom stereocenters. The zero-order valence-electron chi connectivity index (χ0n) is 17.6. The number of amides is 1. The van der Waals surface area contributed by atoms with E-state index in [0.29, 0.717) is 5.02 Å². The third kappa shape index (κ3) is 3.68. The second kappa shape index (κ2) is 7.97. The van der Waals surface area contributed by atoms with Crippen LogP contribution in [0.5, 0.6) is 0 Å². The van der Waals surface area contributed by atoms with Crippen molar-refractivity contribution in [1.82, 2.24) is 9.97 Å². The highest BCUT2D eigenvalue weighted by Gasteiger charge is 2.47. The molecule has 158 valence electrons. The average Bonchev–Trinajstić information content (AvgIpc) is 2.74. The largest absolute Gasteiger partial charge is 0.325 e. The van der Waals surface area contributed by atoms with E-state index in [4.69, 9.17) is 21.6 Å². The molecule has 1 amide bonds. The number of fused-ring (bicyclic) bond motifs is 1. The second-order valence-electron chi connectivity index (χ2n) is 8.45. The van der Waals surface area contributed by atoms with E-state index >= 15 is 0 Å². The molecule has 1 aliphatic heterocycles. The molecule has 1 saturated carbocycles. The first-order chi connectivity index (χ1) is 15.0. The van der Waals surface area contributed by atoms with Crippen LogP contribution < -0.4 is 10.2 Å². The van der Waals surface area contributed by atoms with Gasteiger partial charge in [-0.05, 0) is 81.1 Å². The molecule has 6 heteroatoms. The summed E-state index contributed by atoms with van der Waals surface area (Å²) in [5.41, 5.74) is 4.23. The molecule has 2 aromatic heterocycles. The van der Waals surface area contributed by atoms with Crippen LogP contribution in [0.1, 0.15) is 42.8 Å². The normalized spacial score (nSPS) is 16.9. The number of nitrogens with one attached hydrogen (secondary N) is 1. The Bertz CT molecular complexity index is 1120. The Balaban J connectivity index is 1.45. The minimum absolute atomic E-state index is 0.0153. The fraction of sp³-hybridized carbons (Fsp3) is 0.320. The summed E-state index contributed by atoms with van der Waals surface area (Å²) in [6.07, 6.45) is 4.61. The maximum Gasteiger partial charge on any atom is 0.236 e. The highest BCUT2D eigenvalue weighted by Crippen LogP contribution is 2.45. The number of hydrogen-bond acceptors (Lipinski definition) is 4. The lowest BCUT2D eigenvalue weighted by Gasteiger charge is -2.40. The second-order valence-corrected chi connectivity index (χ2v) is 8.89. The minimum Gasteiger partial charge on any atom is -0.325 e. The highest BCUT2D eigenvalue weighted by molar-refractivity contribution is 6.30. The van der Waals surface area contributed by atoms with Crippen molar-refractivity contribution >= 4 is 34.7 Å². The van der Waals surface area contributed by atoms with Gasteiger partial charge in [-0.15, -0.1) is 0 Å². The van der Waals surface area contributed by atoms with Gasteiger partial charge in [0.15, 0.2) is 0 Å². The van der Waals surface area contributed by atoms with E-state index in [1.54, 1.807) is 12.1 Å². The van der Waals surface area contributed by atoms with Crippen LogP contribution in [0.25, 0.3) is 0 Å². The number of carbonyl (C=O) groups is 1. The van der Waals surface area contributed by atoms with Gasteiger partial charge in [-0.2, -0.15) is 0 Å². The number of anilines is 3. The van der Waals surface area contributed by atoms with Gasteiger partial charge < -0.3 is 10.2 Å². The molecule has 1 N–H and O–H groups in total. The molecule has 5 rings (SSSR count). The fourth-order valence-corrected chi connectivity index (χ4v) is 4.67. The SMILES string of the molecule is Cc1cccc(N2CCCc3nc(C4(C(=O)Nc5ccc(Cl)cc5)CCC4)ccc32)n1. The molecule has 0 spiro atoms. The molecular formula is C25H25ClN4O. The first-order valence-corrected chi connectivity index (χ1v) is 11.2. The maximum atomic E-state index is 13.3. The molecule has 1 aromatic carbocycles. The van der Waals surface area contributed by atoms with Gasteiger partial charge in [0, 0.05) is 22.9 Å². The third-order valence-electron chi connectivity index (χ3n) is 6.42. The maximum absolute atomic E-state index is 13.3. The Labute approximate surface area is 187 Å². The van der Waals surface area contributed by atoms with Gasteiger partial charge in [0.25, 0.3) is 0 Å². The zero-order chi connectivity index (χ0) is 21.4. The van der Waals surface area contributed by atoms with E-state index in [0.717, 1.165) is 72.9 Å². The standard InChI is InChI=1S/C25H25ClN4O/c1-17-5-2-7-23(27-17)30-16-3-6-20-21(30)12-13-22(29-20)25(14-4-15-25)24(31)28-19-10-8-18(26)9-11-19/h2,5,7-13H,3-4,6,14-16H2,1H3,(H,28,31). The molecule has 1 aliphatic carbocycles. The molecule has 3 heterocycles. The van der Waals surface area contributed by atoms with E-state index in [9.17, 15) is 4.79 Å². The number of aryl methyl sites for hydroxylation is 2. The Hall–Kier alpha value is -2.92. The molecule has 0 saturated heterocycles. The number of nitrogens with zero attached hydrogens (tertiary/aromatic N) is 3. The van der Waals surface area contributed by atoms with Crippen molar-refractivity contribution in [2.45, 2.75) is 44.4 Å². The van der Waals surface area contributed by atoms with Gasteiger partial charge in [0.05, 0.1) is 22.5 Å². The molecule has 31 heavy (non-hydrogen) atoms. The Morgan fingerprint density at radius 3 is 2.55 bits per heavy atom. The van der Waals surface area contributed by atoms with E-state index in [-0.39, 0.29) is 5.91 Å². The van der Waals surface area contributed by atoms with Crippen LogP contribution in [-0.4, -0.2) is 22.4 Å². The summed E-state index contributed by atoms with van der Waals surface area (Å²) in [6.45, 7) is 2.93. The van der Waals surface area contributed by atoms with Gasteiger partial charge in [-0.25, -0.2) is 4.98 Å². The minimum atomic E-state index is -0.557. The summed E-state index contributed by atoms with van der Waals surface area (Å²) in [5, 5.41) is 3.73. The number of halogens is 1. The van der Waals surface area contributed by atoms with Crippen LogP contribution in [-0.2, 0) is 16.6 Å². The highest BCUT2D eigenvalue weighted by atomic mass is 35.5. The van der Waals surface area contributed by atoms with Crippen molar-refractivity contribution in [2.75, 3.05) is 16.8 Å². The molecular weight excluding hydrogens is 408 g/mol. The summed E-state index contributed by atoms with van der Waals surface area (Å²) in [5.74, 6) is 0.968. The molecule has 0 bridgehead atoms. The van der Waals surface area contributed by atoms with Crippen molar-refractivity contribution in [1.29, 1.82) is 0 Å². The number of pyridine rings is 2. The van der Waals surface area contributed by atoms with Crippen LogP contribution in [0.4, 0.5) is 17.2 Å². The van der Waals surface area contributed by atoms with Crippen LogP contribution in [0.15, 0.2) is 54.6 Å². The molecule has 1 fully saturated rings. The lowest BCUT2D eigenvalue weighted by atomic mass is 9.65. The number of rotatable bonds is 4. The average molecular weight is 433 g/mol. The molecule has 0 unspecified atom stereocenters. The number of carbonyl (C=O) groups excluding carboxylic acids is 1. The summed E-state index contributed by atoms with van der Waals surface area (Å²) >= 11 is 5.97. The van der Waals surface area contributed by atoms with E-state index in [1.165, 1.54) is 0 Å². The molecule has 0 radical (unpaired) electrons. The third-order valence-corrected chi connectivity index (χ3v) is 6.67. The Morgan fingerprint density at radius 2 is 1.84 bits per heavy atom.